The van der Waals surface area contributed by atoms with E-state index >= 15 is 0 Å². The molecule has 1 aromatic carbocycles. The Morgan fingerprint density at radius 3 is 2.85 bits per heavy atom. The monoisotopic (exact) mass is 289 g/mol. The molecule has 0 atom stereocenters. The largest absolute Gasteiger partial charge is 0.484 e. The van der Waals surface area contributed by atoms with E-state index in [0.29, 0.717) is 22.5 Å². The van der Waals surface area contributed by atoms with E-state index in [-0.39, 0.29) is 12.5 Å². The second-order valence-electron chi connectivity index (χ2n) is 4.76. The molecule has 0 radical (unpaired) electrons. The maximum Gasteiger partial charge on any atom is 0.264 e. The number of amides is 1. The van der Waals surface area contributed by atoms with Gasteiger partial charge < -0.3 is 10.5 Å². The van der Waals surface area contributed by atoms with Crippen LogP contribution in [0.3, 0.4) is 0 Å². The van der Waals surface area contributed by atoms with Crippen LogP contribution in [0.2, 0.25) is 0 Å². The van der Waals surface area contributed by atoms with Crippen LogP contribution in [0.4, 0.5) is 10.8 Å². The number of nitrogens with zero attached hydrogens (tertiary/aromatic N) is 1. The first-order valence-corrected chi connectivity index (χ1v) is 7.32. The summed E-state index contributed by atoms with van der Waals surface area (Å²) in [6.45, 7) is -0.0394. The van der Waals surface area contributed by atoms with Crippen LogP contribution in [-0.2, 0) is 4.79 Å². The number of benzene rings is 1. The number of rotatable bonds is 5. The highest BCUT2D eigenvalue weighted by atomic mass is 32.1. The van der Waals surface area contributed by atoms with Crippen LogP contribution in [0, 0.1) is 0 Å². The molecule has 3 rings (SSSR count). The van der Waals surface area contributed by atoms with E-state index in [1.165, 1.54) is 24.2 Å². The molecular formula is C14H15N3O2S. The van der Waals surface area contributed by atoms with E-state index in [0.717, 1.165) is 5.69 Å². The normalized spacial score (nSPS) is 14.0. The Hall–Kier alpha value is -2.08. The molecule has 104 valence electrons. The Balaban J connectivity index is 1.49. The number of anilines is 2. The fourth-order valence-corrected chi connectivity index (χ4v) is 2.59. The molecule has 0 aliphatic heterocycles. The van der Waals surface area contributed by atoms with Crippen LogP contribution in [0.5, 0.6) is 5.75 Å². The molecular weight excluding hydrogens is 274 g/mol. The van der Waals surface area contributed by atoms with Gasteiger partial charge in [-0.05, 0) is 37.1 Å². The number of thiazole rings is 1. The lowest BCUT2D eigenvalue weighted by molar-refractivity contribution is -0.118. The van der Waals surface area contributed by atoms with Gasteiger partial charge in [-0.15, -0.1) is 11.3 Å². The van der Waals surface area contributed by atoms with Gasteiger partial charge in [-0.25, -0.2) is 4.98 Å². The smallest absolute Gasteiger partial charge is 0.264 e. The lowest BCUT2D eigenvalue weighted by Gasteiger charge is -2.05. The van der Waals surface area contributed by atoms with Crippen molar-refractivity contribution >= 4 is 28.1 Å². The van der Waals surface area contributed by atoms with Crippen LogP contribution in [0.15, 0.2) is 29.6 Å². The molecule has 0 saturated heterocycles. The van der Waals surface area contributed by atoms with Gasteiger partial charge >= 0.3 is 0 Å². The van der Waals surface area contributed by atoms with E-state index in [4.69, 9.17) is 10.5 Å². The third kappa shape index (κ3) is 3.27. The SMILES string of the molecule is Nc1ccc(OCC(=O)Nc2nc(C3CC3)cs2)cc1. The molecule has 1 heterocycles. The number of nitrogens with two attached hydrogens (primary N) is 1. The van der Waals surface area contributed by atoms with Crippen molar-refractivity contribution in [3.05, 3.63) is 35.3 Å². The summed E-state index contributed by atoms with van der Waals surface area (Å²) < 4.78 is 5.37. The van der Waals surface area contributed by atoms with Gasteiger partial charge in [-0.3, -0.25) is 10.1 Å². The minimum atomic E-state index is -0.210. The van der Waals surface area contributed by atoms with Gasteiger partial charge in [0.05, 0.1) is 5.69 Å². The predicted octanol–water partition coefficient (Wildman–Crippen LogP) is 2.62. The van der Waals surface area contributed by atoms with E-state index in [9.17, 15) is 4.79 Å². The summed E-state index contributed by atoms with van der Waals surface area (Å²) in [5.74, 6) is 1.01. The quantitative estimate of drug-likeness (QED) is 0.829. The molecule has 3 N–H and O–H groups in total. The van der Waals surface area contributed by atoms with E-state index in [2.05, 4.69) is 10.3 Å². The molecule has 1 aliphatic rings. The summed E-state index contributed by atoms with van der Waals surface area (Å²) in [5.41, 5.74) is 7.33. The first-order valence-electron chi connectivity index (χ1n) is 6.44. The van der Waals surface area contributed by atoms with Crippen LogP contribution in [-0.4, -0.2) is 17.5 Å². The maximum atomic E-state index is 11.8. The summed E-state index contributed by atoms with van der Waals surface area (Å²) in [4.78, 5) is 16.1. The number of hydrogen-bond donors (Lipinski definition) is 2. The zero-order valence-corrected chi connectivity index (χ0v) is 11.7. The van der Waals surface area contributed by atoms with Gasteiger partial charge in [0.25, 0.3) is 5.91 Å². The third-order valence-electron chi connectivity index (χ3n) is 3.01. The van der Waals surface area contributed by atoms with Crippen molar-refractivity contribution in [2.45, 2.75) is 18.8 Å². The molecule has 0 bridgehead atoms. The lowest BCUT2D eigenvalue weighted by atomic mass is 10.3. The maximum absolute atomic E-state index is 11.8. The number of ether oxygens (including phenoxy) is 1. The van der Waals surface area contributed by atoms with E-state index in [1.54, 1.807) is 24.3 Å². The van der Waals surface area contributed by atoms with Gasteiger partial charge in [0.1, 0.15) is 5.75 Å². The molecule has 0 unspecified atom stereocenters. The van der Waals surface area contributed by atoms with Crippen LogP contribution >= 0.6 is 11.3 Å². The van der Waals surface area contributed by atoms with Gasteiger partial charge in [0.15, 0.2) is 11.7 Å². The molecule has 1 fully saturated rings. The summed E-state index contributed by atoms with van der Waals surface area (Å²) in [6.07, 6.45) is 2.41. The molecule has 0 spiro atoms. The molecule has 5 nitrogen and oxygen atoms in total. The van der Waals surface area contributed by atoms with E-state index in [1.807, 2.05) is 5.38 Å². The average Bonchev–Trinajstić information content (AvgIpc) is 3.19. The highest BCUT2D eigenvalue weighted by Gasteiger charge is 2.26. The van der Waals surface area contributed by atoms with Crippen molar-refractivity contribution < 1.29 is 9.53 Å². The number of carbonyl (C=O) groups is 1. The molecule has 1 aromatic heterocycles. The summed E-state index contributed by atoms with van der Waals surface area (Å²) in [6, 6.07) is 6.93. The topological polar surface area (TPSA) is 77.2 Å². The van der Waals surface area contributed by atoms with Crippen LogP contribution in [0.25, 0.3) is 0 Å². The second-order valence-corrected chi connectivity index (χ2v) is 5.62. The minimum Gasteiger partial charge on any atom is -0.484 e. The molecule has 1 aliphatic carbocycles. The van der Waals surface area contributed by atoms with Crippen molar-refractivity contribution in [2.75, 3.05) is 17.7 Å². The van der Waals surface area contributed by atoms with Gasteiger partial charge in [-0.1, -0.05) is 0 Å². The Bertz CT molecular complexity index is 605. The first-order chi connectivity index (χ1) is 9.70. The number of nitrogen functional groups attached to an aromatic ring is 1. The molecule has 2 aromatic rings. The van der Waals surface area contributed by atoms with Crippen molar-refractivity contribution in [3.63, 3.8) is 0 Å². The Labute approximate surface area is 120 Å². The summed E-state index contributed by atoms with van der Waals surface area (Å²) in [7, 11) is 0. The lowest BCUT2D eigenvalue weighted by Crippen LogP contribution is -2.20. The van der Waals surface area contributed by atoms with Gasteiger partial charge in [0, 0.05) is 17.0 Å². The number of carbonyl (C=O) groups excluding carboxylic acids is 1. The molecule has 6 heteroatoms. The van der Waals surface area contributed by atoms with Gasteiger partial charge in [-0.2, -0.15) is 0 Å². The average molecular weight is 289 g/mol. The zero-order chi connectivity index (χ0) is 13.9. The zero-order valence-electron chi connectivity index (χ0n) is 10.8. The van der Waals surface area contributed by atoms with E-state index < -0.39 is 0 Å². The fourth-order valence-electron chi connectivity index (χ4n) is 1.78. The Kier molecular flexibility index (Phi) is 3.56. The Morgan fingerprint density at radius 2 is 2.15 bits per heavy atom. The summed E-state index contributed by atoms with van der Waals surface area (Å²) >= 11 is 1.45. The van der Waals surface area contributed by atoms with Crippen molar-refractivity contribution in [1.29, 1.82) is 0 Å². The van der Waals surface area contributed by atoms with Crippen molar-refractivity contribution in [1.82, 2.24) is 4.98 Å². The molecule has 20 heavy (non-hydrogen) atoms. The van der Waals surface area contributed by atoms with Crippen LogP contribution in [0.1, 0.15) is 24.5 Å². The minimum absolute atomic E-state index is 0.0394. The van der Waals surface area contributed by atoms with Crippen molar-refractivity contribution in [3.8, 4) is 5.75 Å². The van der Waals surface area contributed by atoms with Gasteiger partial charge in [0.2, 0.25) is 0 Å². The predicted molar refractivity (Wildman–Crippen MR) is 79.1 cm³/mol. The standard InChI is InChI=1S/C14H15N3O2S/c15-10-3-5-11(6-4-10)19-7-13(18)17-14-16-12(8-20-14)9-1-2-9/h3-6,8-9H,1-2,7,15H2,(H,16,17,18). The second kappa shape index (κ2) is 5.50. The molecule has 1 saturated carbocycles. The Morgan fingerprint density at radius 1 is 1.40 bits per heavy atom. The van der Waals surface area contributed by atoms with Crippen molar-refractivity contribution in [2.24, 2.45) is 0 Å². The first kappa shape index (κ1) is 12.9. The number of hydrogen-bond acceptors (Lipinski definition) is 5. The molecule has 1 amide bonds. The number of aromatic nitrogens is 1. The van der Waals surface area contributed by atoms with Crippen LogP contribution < -0.4 is 15.8 Å². The third-order valence-corrected chi connectivity index (χ3v) is 3.79. The number of nitrogens with one attached hydrogen (secondary N) is 1. The highest BCUT2D eigenvalue weighted by molar-refractivity contribution is 7.13. The summed E-state index contributed by atoms with van der Waals surface area (Å²) in [5, 5.41) is 5.39. The highest BCUT2D eigenvalue weighted by Crippen LogP contribution is 2.40. The fraction of sp³-hybridized carbons (Fsp3) is 0.286.